The topological polar surface area (TPSA) is 98.7 Å². The number of nitrogens with one attached hydrogen (secondary N) is 2. The van der Waals surface area contributed by atoms with Crippen LogP contribution in [0, 0.1) is 10.8 Å². The minimum atomic E-state index is -1.26. The van der Waals surface area contributed by atoms with Gasteiger partial charge in [-0.2, -0.15) is 0 Å². The fraction of sp³-hybridized carbons (Fsp3) is 0.857. The van der Waals surface area contributed by atoms with Crippen LogP contribution in [0.3, 0.4) is 0 Å². The number of hydrogen-bond acceptors (Lipinski definition) is 3. The van der Waals surface area contributed by atoms with E-state index in [1.807, 2.05) is 0 Å². The highest BCUT2D eigenvalue weighted by Gasteiger charge is 2.39. The highest BCUT2D eigenvalue weighted by Crippen LogP contribution is 2.45. The molecule has 1 fully saturated rings. The Kier molecular flexibility index (Phi) is 5.02. The van der Waals surface area contributed by atoms with Gasteiger partial charge in [0.2, 0.25) is 0 Å². The molecule has 6 nitrogen and oxygen atoms in total. The standard InChI is InChI=1S/C14H26N2O4/c1-13(2)5-9(6-14(3,4)8-13)15-12(20)16-10(7-17)11(18)19/h9-10,17H,5-8H2,1-4H3,(H,18,19)(H2,15,16,20). The number of rotatable bonds is 4. The van der Waals surface area contributed by atoms with Crippen molar-refractivity contribution in [2.45, 2.75) is 59.0 Å². The van der Waals surface area contributed by atoms with E-state index in [1.165, 1.54) is 0 Å². The molecule has 0 heterocycles. The van der Waals surface area contributed by atoms with Crippen molar-refractivity contribution in [2.24, 2.45) is 10.8 Å². The van der Waals surface area contributed by atoms with Gasteiger partial charge >= 0.3 is 12.0 Å². The van der Waals surface area contributed by atoms with Crippen LogP contribution in [0.1, 0.15) is 47.0 Å². The minimum Gasteiger partial charge on any atom is -0.480 e. The SMILES string of the molecule is CC1(C)CC(NC(=O)NC(CO)C(=O)O)CC(C)(C)C1. The number of aliphatic hydroxyl groups excluding tert-OH is 1. The Morgan fingerprint density at radius 1 is 1.20 bits per heavy atom. The largest absolute Gasteiger partial charge is 0.480 e. The van der Waals surface area contributed by atoms with Gasteiger partial charge in [0.05, 0.1) is 6.61 Å². The summed E-state index contributed by atoms with van der Waals surface area (Å²) in [6, 6.07) is -1.79. The molecular formula is C14H26N2O4. The van der Waals surface area contributed by atoms with Crippen LogP contribution in [0.5, 0.6) is 0 Å². The number of carbonyl (C=O) groups excluding carboxylic acids is 1. The molecule has 6 heteroatoms. The van der Waals surface area contributed by atoms with Crippen molar-refractivity contribution in [3.8, 4) is 0 Å². The molecule has 20 heavy (non-hydrogen) atoms. The van der Waals surface area contributed by atoms with Gasteiger partial charge in [-0.25, -0.2) is 9.59 Å². The molecule has 1 aliphatic rings. The Morgan fingerprint density at radius 2 is 1.70 bits per heavy atom. The van der Waals surface area contributed by atoms with Gasteiger partial charge < -0.3 is 20.8 Å². The van der Waals surface area contributed by atoms with Crippen LogP contribution >= 0.6 is 0 Å². The van der Waals surface area contributed by atoms with Gasteiger partial charge in [0.1, 0.15) is 0 Å². The summed E-state index contributed by atoms with van der Waals surface area (Å²) in [6.07, 6.45) is 2.82. The van der Waals surface area contributed by atoms with Crippen molar-refractivity contribution >= 4 is 12.0 Å². The molecule has 1 saturated carbocycles. The van der Waals surface area contributed by atoms with E-state index < -0.39 is 24.6 Å². The van der Waals surface area contributed by atoms with Crippen molar-refractivity contribution in [2.75, 3.05) is 6.61 Å². The number of carboxylic acids is 1. The second-order valence-corrected chi connectivity index (χ2v) is 7.30. The van der Waals surface area contributed by atoms with Crippen LogP contribution in [0.15, 0.2) is 0 Å². The lowest BCUT2D eigenvalue weighted by Gasteiger charge is -2.45. The van der Waals surface area contributed by atoms with E-state index in [9.17, 15) is 9.59 Å². The average Bonchev–Trinajstić information content (AvgIpc) is 2.20. The molecule has 1 aliphatic carbocycles. The summed E-state index contributed by atoms with van der Waals surface area (Å²) in [5, 5.41) is 22.8. The lowest BCUT2D eigenvalue weighted by Crippen LogP contribution is -2.53. The molecule has 0 saturated heterocycles. The number of carboxylic acid groups (broad SMARTS) is 1. The van der Waals surface area contributed by atoms with Crippen LogP contribution in [-0.2, 0) is 4.79 Å². The molecular weight excluding hydrogens is 260 g/mol. The fourth-order valence-corrected chi connectivity index (χ4v) is 3.52. The second-order valence-electron chi connectivity index (χ2n) is 7.30. The normalized spacial score (nSPS) is 22.9. The maximum atomic E-state index is 11.8. The molecule has 0 aromatic rings. The molecule has 4 N–H and O–H groups in total. The lowest BCUT2D eigenvalue weighted by atomic mass is 9.63. The van der Waals surface area contributed by atoms with Crippen molar-refractivity contribution in [1.29, 1.82) is 0 Å². The molecule has 0 aromatic carbocycles. The van der Waals surface area contributed by atoms with Crippen LogP contribution in [0.2, 0.25) is 0 Å². The predicted molar refractivity (Wildman–Crippen MR) is 75.4 cm³/mol. The van der Waals surface area contributed by atoms with Crippen molar-refractivity contribution in [3.05, 3.63) is 0 Å². The zero-order chi connectivity index (χ0) is 15.6. The van der Waals surface area contributed by atoms with E-state index in [2.05, 4.69) is 38.3 Å². The summed E-state index contributed by atoms with van der Waals surface area (Å²) in [5.74, 6) is -1.24. The van der Waals surface area contributed by atoms with E-state index in [-0.39, 0.29) is 16.9 Å². The van der Waals surface area contributed by atoms with E-state index in [4.69, 9.17) is 10.2 Å². The summed E-state index contributed by atoms with van der Waals surface area (Å²) in [7, 11) is 0. The first-order valence-corrected chi connectivity index (χ1v) is 6.95. The Morgan fingerprint density at radius 3 is 2.10 bits per heavy atom. The number of carbonyl (C=O) groups is 2. The van der Waals surface area contributed by atoms with Gasteiger partial charge in [0.15, 0.2) is 6.04 Å². The average molecular weight is 286 g/mol. The Labute approximate surface area is 119 Å². The maximum Gasteiger partial charge on any atom is 0.328 e. The highest BCUT2D eigenvalue weighted by atomic mass is 16.4. The fourth-order valence-electron chi connectivity index (χ4n) is 3.52. The van der Waals surface area contributed by atoms with Gasteiger partial charge in [-0.3, -0.25) is 0 Å². The zero-order valence-electron chi connectivity index (χ0n) is 12.7. The molecule has 0 spiro atoms. The summed E-state index contributed by atoms with van der Waals surface area (Å²) < 4.78 is 0. The van der Waals surface area contributed by atoms with Crippen LogP contribution < -0.4 is 10.6 Å². The van der Waals surface area contributed by atoms with Gasteiger partial charge in [-0.1, -0.05) is 27.7 Å². The quantitative estimate of drug-likeness (QED) is 0.626. The molecule has 0 radical (unpaired) electrons. The second kappa shape index (κ2) is 5.99. The molecule has 0 aliphatic heterocycles. The van der Waals surface area contributed by atoms with Crippen LogP contribution in [-0.4, -0.2) is 40.9 Å². The minimum absolute atomic E-state index is 0.0156. The number of urea groups is 1. The first kappa shape index (κ1) is 16.8. The van der Waals surface area contributed by atoms with Gasteiger partial charge in [-0.05, 0) is 30.1 Å². The summed E-state index contributed by atoms with van der Waals surface area (Å²) in [6.45, 7) is 8.08. The summed E-state index contributed by atoms with van der Waals surface area (Å²) in [5.41, 5.74) is 0.283. The highest BCUT2D eigenvalue weighted by molar-refractivity contribution is 5.82. The zero-order valence-corrected chi connectivity index (χ0v) is 12.7. The first-order valence-electron chi connectivity index (χ1n) is 6.95. The maximum absolute atomic E-state index is 11.8. The Hall–Kier alpha value is -1.30. The van der Waals surface area contributed by atoms with Gasteiger partial charge in [0.25, 0.3) is 0 Å². The van der Waals surface area contributed by atoms with E-state index >= 15 is 0 Å². The number of hydrogen-bond donors (Lipinski definition) is 4. The van der Waals surface area contributed by atoms with Crippen LogP contribution in [0.25, 0.3) is 0 Å². The molecule has 0 aromatic heterocycles. The van der Waals surface area contributed by atoms with E-state index in [0.29, 0.717) is 0 Å². The van der Waals surface area contributed by atoms with Crippen LogP contribution in [0.4, 0.5) is 4.79 Å². The molecule has 1 rings (SSSR count). The van der Waals surface area contributed by atoms with E-state index in [1.54, 1.807) is 0 Å². The Bertz CT molecular complexity index is 363. The molecule has 1 unspecified atom stereocenters. The molecule has 1 atom stereocenters. The first-order chi connectivity index (χ1) is 9.04. The number of amides is 2. The van der Waals surface area contributed by atoms with Gasteiger partial charge in [-0.15, -0.1) is 0 Å². The lowest BCUT2D eigenvalue weighted by molar-refractivity contribution is -0.140. The third kappa shape index (κ3) is 5.00. The molecule has 2 amide bonds. The summed E-state index contributed by atoms with van der Waals surface area (Å²) in [4.78, 5) is 22.6. The van der Waals surface area contributed by atoms with Crippen molar-refractivity contribution < 1.29 is 19.8 Å². The van der Waals surface area contributed by atoms with Crippen molar-refractivity contribution in [1.82, 2.24) is 10.6 Å². The number of aliphatic hydroxyl groups is 1. The third-order valence-electron chi connectivity index (χ3n) is 3.68. The predicted octanol–water partition coefficient (Wildman–Crippen LogP) is 1.34. The third-order valence-corrected chi connectivity index (χ3v) is 3.68. The van der Waals surface area contributed by atoms with E-state index in [0.717, 1.165) is 19.3 Å². The summed E-state index contributed by atoms with van der Waals surface area (Å²) >= 11 is 0. The van der Waals surface area contributed by atoms with Gasteiger partial charge in [0, 0.05) is 6.04 Å². The monoisotopic (exact) mass is 286 g/mol. The Balaban J connectivity index is 2.59. The van der Waals surface area contributed by atoms with Crippen molar-refractivity contribution in [3.63, 3.8) is 0 Å². The molecule has 0 bridgehead atoms. The number of aliphatic carboxylic acids is 1. The smallest absolute Gasteiger partial charge is 0.328 e. The molecule has 116 valence electrons.